The maximum atomic E-state index is 14.0. The standard InChI is InChI=1S/C28H32Cl3F5N4O/c1-15-11-22(40-10-6-7-18(14-40)27(5,32)33)20(30)12-21(15)38-16(2)39-24-19(29)9-8-17(23(24)31)13-37-25(41)26(3,4)28(34,35)36/h8-9,11-12,18H,6-7,10,13-14H2,1-5H3,(H,37,41)(H,38,39). The molecule has 2 aromatic carbocycles. The van der Waals surface area contributed by atoms with E-state index in [1.54, 1.807) is 13.0 Å². The van der Waals surface area contributed by atoms with Crippen LogP contribution >= 0.6 is 34.8 Å². The predicted octanol–water partition coefficient (Wildman–Crippen LogP) is 9.19. The Morgan fingerprint density at radius 3 is 2.34 bits per heavy atom. The minimum absolute atomic E-state index is 0.0706. The molecule has 0 radical (unpaired) electrons. The molecule has 1 aliphatic rings. The van der Waals surface area contributed by atoms with Gasteiger partial charge >= 0.3 is 6.18 Å². The molecule has 0 spiro atoms. The molecule has 0 aromatic heterocycles. The van der Waals surface area contributed by atoms with Crippen molar-refractivity contribution in [1.82, 2.24) is 5.32 Å². The van der Waals surface area contributed by atoms with Crippen LogP contribution in [0.4, 0.5) is 39.0 Å². The van der Waals surface area contributed by atoms with E-state index >= 15 is 0 Å². The first kappa shape index (κ1) is 33.2. The summed E-state index contributed by atoms with van der Waals surface area (Å²) in [5.74, 6) is -4.35. The Bertz CT molecular complexity index is 1330. The van der Waals surface area contributed by atoms with Crippen molar-refractivity contribution in [2.24, 2.45) is 16.3 Å². The van der Waals surface area contributed by atoms with E-state index < -0.39 is 29.3 Å². The Balaban J connectivity index is 1.79. The Labute approximate surface area is 251 Å². The SMILES string of the molecule is CC(=Nc1c(Cl)ccc(CNC(=O)C(C)(C)C(F)(F)F)c1Cl)Nc1cc(Cl)c(N2CCCC(C(C)(F)F)C2)cc1C. The number of piperidine rings is 1. The highest BCUT2D eigenvalue weighted by Crippen LogP contribution is 2.40. The van der Waals surface area contributed by atoms with Crippen molar-refractivity contribution >= 4 is 63.6 Å². The molecule has 2 aromatic rings. The highest BCUT2D eigenvalue weighted by atomic mass is 35.5. The fraction of sp³-hybridized carbons (Fsp3) is 0.500. The van der Waals surface area contributed by atoms with Crippen LogP contribution in [0, 0.1) is 18.3 Å². The summed E-state index contributed by atoms with van der Waals surface area (Å²) in [4.78, 5) is 18.5. The summed E-state index contributed by atoms with van der Waals surface area (Å²) in [6.07, 6.45) is -3.63. The van der Waals surface area contributed by atoms with Crippen LogP contribution in [-0.2, 0) is 11.3 Å². The van der Waals surface area contributed by atoms with Crippen molar-refractivity contribution in [1.29, 1.82) is 0 Å². The molecule has 1 atom stereocenters. The summed E-state index contributed by atoms with van der Waals surface area (Å²) in [6, 6.07) is 6.50. The lowest BCUT2D eigenvalue weighted by atomic mass is 9.91. The molecule has 0 bridgehead atoms. The molecule has 2 N–H and O–H groups in total. The molecule has 41 heavy (non-hydrogen) atoms. The maximum Gasteiger partial charge on any atom is 0.402 e. The Hall–Kier alpha value is -2.30. The lowest BCUT2D eigenvalue weighted by Crippen LogP contribution is -2.46. The van der Waals surface area contributed by atoms with E-state index in [4.69, 9.17) is 34.8 Å². The van der Waals surface area contributed by atoms with Crippen molar-refractivity contribution in [2.75, 3.05) is 23.3 Å². The van der Waals surface area contributed by atoms with Crippen molar-refractivity contribution in [3.63, 3.8) is 0 Å². The van der Waals surface area contributed by atoms with E-state index in [0.29, 0.717) is 47.2 Å². The third-order valence-corrected chi connectivity index (χ3v) is 8.26. The van der Waals surface area contributed by atoms with E-state index in [0.717, 1.165) is 26.3 Å². The molecule has 0 aliphatic carbocycles. The molecule has 0 saturated carbocycles. The predicted molar refractivity (Wildman–Crippen MR) is 156 cm³/mol. The first-order chi connectivity index (χ1) is 18.8. The summed E-state index contributed by atoms with van der Waals surface area (Å²) in [7, 11) is 0. The second kappa shape index (κ2) is 12.5. The molecule has 1 saturated heterocycles. The number of alkyl halides is 5. The Morgan fingerprint density at radius 2 is 1.73 bits per heavy atom. The largest absolute Gasteiger partial charge is 0.402 e. The molecule has 13 heteroatoms. The normalized spacial score (nSPS) is 17.0. The number of rotatable bonds is 7. The molecule has 3 rings (SSSR count). The van der Waals surface area contributed by atoms with Gasteiger partial charge in [0.05, 0.1) is 20.8 Å². The van der Waals surface area contributed by atoms with E-state index in [1.807, 2.05) is 17.9 Å². The van der Waals surface area contributed by atoms with Crippen LogP contribution in [0.1, 0.15) is 51.7 Å². The number of carbonyl (C=O) groups is 1. The number of aliphatic imine (C=N–C) groups is 1. The molecule has 1 amide bonds. The summed E-state index contributed by atoms with van der Waals surface area (Å²) < 4.78 is 67.5. The number of hydrogen-bond donors (Lipinski definition) is 2. The first-order valence-corrected chi connectivity index (χ1v) is 14.0. The number of nitrogens with zero attached hydrogens (tertiary/aromatic N) is 2. The summed E-state index contributed by atoms with van der Waals surface area (Å²) in [5.41, 5.74) is 0.00618. The van der Waals surface area contributed by atoms with Crippen molar-refractivity contribution < 1.29 is 26.7 Å². The van der Waals surface area contributed by atoms with Gasteiger partial charge in [-0.05, 0) is 76.8 Å². The molecular formula is C28H32Cl3F5N4O. The average molecular weight is 642 g/mol. The zero-order chi connectivity index (χ0) is 30.9. The molecule has 1 aliphatic heterocycles. The number of nitrogens with one attached hydrogen (secondary N) is 2. The van der Waals surface area contributed by atoms with Gasteiger partial charge in [0.1, 0.15) is 16.9 Å². The van der Waals surface area contributed by atoms with Crippen LogP contribution in [0.15, 0.2) is 29.3 Å². The van der Waals surface area contributed by atoms with E-state index in [1.165, 1.54) is 12.1 Å². The van der Waals surface area contributed by atoms with Crippen LogP contribution in [0.3, 0.4) is 0 Å². The molecule has 1 heterocycles. The monoisotopic (exact) mass is 640 g/mol. The van der Waals surface area contributed by atoms with Crippen molar-refractivity contribution in [3.05, 3.63) is 50.5 Å². The van der Waals surface area contributed by atoms with Crippen LogP contribution in [0.25, 0.3) is 0 Å². The fourth-order valence-electron chi connectivity index (χ4n) is 4.39. The zero-order valence-electron chi connectivity index (χ0n) is 23.2. The molecular weight excluding hydrogens is 610 g/mol. The maximum absolute atomic E-state index is 14.0. The third-order valence-electron chi connectivity index (χ3n) is 7.23. The summed E-state index contributed by atoms with van der Waals surface area (Å²) >= 11 is 19.4. The van der Waals surface area contributed by atoms with Crippen LogP contribution in [-0.4, -0.2) is 36.9 Å². The lowest BCUT2D eigenvalue weighted by molar-refractivity contribution is -0.211. The zero-order valence-corrected chi connectivity index (χ0v) is 25.5. The molecule has 1 fully saturated rings. The third kappa shape index (κ3) is 7.76. The smallest absolute Gasteiger partial charge is 0.370 e. The van der Waals surface area contributed by atoms with E-state index in [-0.39, 0.29) is 28.8 Å². The van der Waals surface area contributed by atoms with Gasteiger partial charge in [0.15, 0.2) is 0 Å². The number of carbonyl (C=O) groups excluding carboxylic acids is 1. The number of hydrogen-bond acceptors (Lipinski definition) is 3. The van der Waals surface area contributed by atoms with Gasteiger partial charge in [0, 0.05) is 31.2 Å². The molecule has 226 valence electrons. The van der Waals surface area contributed by atoms with Crippen LogP contribution in [0.5, 0.6) is 0 Å². The van der Waals surface area contributed by atoms with E-state index in [9.17, 15) is 26.7 Å². The van der Waals surface area contributed by atoms with Crippen molar-refractivity contribution in [2.45, 2.75) is 66.1 Å². The Morgan fingerprint density at radius 1 is 1.07 bits per heavy atom. The second-order valence-corrected chi connectivity index (χ2v) is 12.0. The highest BCUT2D eigenvalue weighted by Gasteiger charge is 2.52. The average Bonchev–Trinajstić information content (AvgIpc) is 2.86. The number of benzene rings is 2. The van der Waals surface area contributed by atoms with Gasteiger partial charge < -0.3 is 15.5 Å². The van der Waals surface area contributed by atoms with E-state index in [2.05, 4.69) is 15.6 Å². The highest BCUT2D eigenvalue weighted by molar-refractivity contribution is 6.39. The molecule has 1 unspecified atom stereocenters. The number of halogens is 8. The first-order valence-electron chi connectivity index (χ1n) is 12.9. The van der Waals surface area contributed by atoms with Gasteiger partial charge in [0.25, 0.3) is 0 Å². The minimum atomic E-state index is -4.72. The quantitative estimate of drug-likeness (QED) is 0.180. The number of amides is 1. The topological polar surface area (TPSA) is 56.7 Å². The van der Waals surface area contributed by atoms with Gasteiger partial charge in [-0.15, -0.1) is 0 Å². The van der Waals surface area contributed by atoms with Crippen molar-refractivity contribution in [3.8, 4) is 0 Å². The van der Waals surface area contributed by atoms with Gasteiger partial charge in [-0.1, -0.05) is 40.9 Å². The summed E-state index contributed by atoms with van der Waals surface area (Å²) in [6.45, 7) is 6.61. The minimum Gasteiger partial charge on any atom is -0.370 e. The number of amidine groups is 1. The summed E-state index contributed by atoms with van der Waals surface area (Å²) in [5, 5.41) is 6.07. The second-order valence-electron chi connectivity index (χ2n) is 10.9. The number of anilines is 2. The van der Waals surface area contributed by atoms with Gasteiger partial charge in [-0.2, -0.15) is 13.2 Å². The number of aryl methyl sites for hydroxylation is 1. The lowest BCUT2D eigenvalue weighted by Gasteiger charge is -2.37. The van der Waals surface area contributed by atoms with Gasteiger partial charge in [0.2, 0.25) is 11.8 Å². The Kier molecular flexibility index (Phi) is 10.1. The molecule has 5 nitrogen and oxygen atoms in total. The van der Waals surface area contributed by atoms with Gasteiger partial charge in [-0.25, -0.2) is 13.8 Å². The van der Waals surface area contributed by atoms with Crippen LogP contribution < -0.4 is 15.5 Å². The van der Waals surface area contributed by atoms with Crippen LogP contribution in [0.2, 0.25) is 15.1 Å². The fourth-order valence-corrected chi connectivity index (χ4v) is 5.20. The van der Waals surface area contributed by atoms with Gasteiger partial charge in [-0.3, -0.25) is 4.79 Å².